The van der Waals surface area contributed by atoms with Crippen molar-refractivity contribution >= 4 is 28.5 Å². The zero-order chi connectivity index (χ0) is 32.2. The largest absolute Gasteiger partial charge is 0.452 e. The number of carbonyl (C=O) groups excluding carboxylic acids is 3. The van der Waals surface area contributed by atoms with Gasteiger partial charge >= 0.3 is 11.9 Å². The Kier molecular flexibility index (Phi) is 9.31. The van der Waals surface area contributed by atoms with E-state index >= 15 is 0 Å². The van der Waals surface area contributed by atoms with Crippen LogP contribution in [0.25, 0.3) is 22.2 Å². The second-order valence-electron chi connectivity index (χ2n) is 10.3. The second kappa shape index (κ2) is 12.9. The lowest BCUT2D eigenvalue weighted by Gasteiger charge is -2.23. The molecule has 0 aliphatic rings. The van der Waals surface area contributed by atoms with E-state index in [-0.39, 0.29) is 17.6 Å². The van der Waals surface area contributed by atoms with Gasteiger partial charge in [0, 0.05) is 6.54 Å². The Morgan fingerprint density at radius 1 is 0.841 bits per heavy atom. The predicted octanol–water partition coefficient (Wildman–Crippen LogP) is 2.11. The third-order valence-electron chi connectivity index (χ3n) is 6.80. The number of aromatic amines is 1. The maximum absolute atomic E-state index is 13.6. The molecule has 11 nitrogen and oxygen atoms in total. The summed E-state index contributed by atoms with van der Waals surface area (Å²) in [4.78, 5) is 79.6. The molecule has 0 aliphatic carbocycles. The fraction of sp³-hybridized carbons (Fsp3) is 0.267. The molecule has 4 rings (SSSR count). The number of rotatable bonds is 10. The third kappa shape index (κ3) is 7.02. The summed E-state index contributed by atoms with van der Waals surface area (Å²) in [5.74, 6) is -4.78. The molecule has 0 bridgehead atoms. The lowest BCUT2D eigenvalue weighted by molar-refractivity contribution is -0.174. The molecule has 2 aromatic heterocycles. The minimum Gasteiger partial charge on any atom is -0.350 e. The van der Waals surface area contributed by atoms with Crippen molar-refractivity contribution in [3.8, 4) is 11.3 Å². The molecule has 0 radical (unpaired) electrons. The third-order valence-corrected chi connectivity index (χ3v) is 6.80. The van der Waals surface area contributed by atoms with Crippen molar-refractivity contribution < 1.29 is 27.6 Å². The van der Waals surface area contributed by atoms with Gasteiger partial charge in [-0.15, -0.1) is 0 Å². The van der Waals surface area contributed by atoms with E-state index in [9.17, 15) is 41.9 Å². The van der Waals surface area contributed by atoms with Crippen LogP contribution in [0.3, 0.4) is 0 Å². The van der Waals surface area contributed by atoms with Gasteiger partial charge in [-0.2, -0.15) is 13.2 Å². The number of amides is 2. The first kappa shape index (κ1) is 31.7. The quantitative estimate of drug-likeness (QED) is 0.250. The van der Waals surface area contributed by atoms with Gasteiger partial charge in [0.25, 0.3) is 16.9 Å². The molecule has 230 valence electrons. The van der Waals surface area contributed by atoms with Gasteiger partial charge in [0.2, 0.25) is 11.8 Å². The summed E-state index contributed by atoms with van der Waals surface area (Å²) < 4.78 is 40.9. The van der Waals surface area contributed by atoms with Crippen molar-refractivity contribution in [3.05, 3.63) is 103 Å². The topological polar surface area (TPSA) is 152 Å². The molecule has 1 atom stereocenters. The Bertz CT molecular complexity index is 1880. The molecule has 2 heterocycles. The Hall–Kier alpha value is -5.27. The highest BCUT2D eigenvalue weighted by molar-refractivity contribution is 5.93. The molecule has 44 heavy (non-hydrogen) atoms. The lowest BCUT2D eigenvalue weighted by atomic mass is 9.99. The Morgan fingerprint density at radius 2 is 1.43 bits per heavy atom. The van der Waals surface area contributed by atoms with Crippen molar-refractivity contribution in [2.75, 3.05) is 0 Å². The predicted molar refractivity (Wildman–Crippen MR) is 155 cm³/mol. The first-order valence-electron chi connectivity index (χ1n) is 13.4. The van der Waals surface area contributed by atoms with Gasteiger partial charge in [-0.05, 0) is 23.1 Å². The number of H-pyrrole nitrogens is 1. The van der Waals surface area contributed by atoms with E-state index in [4.69, 9.17) is 0 Å². The first-order chi connectivity index (χ1) is 20.8. The number of ketones is 1. The maximum Gasteiger partial charge on any atom is 0.452 e. The summed E-state index contributed by atoms with van der Waals surface area (Å²) in [7, 11) is 0. The summed E-state index contributed by atoms with van der Waals surface area (Å²) in [6.45, 7) is 1.32. The van der Waals surface area contributed by atoms with Crippen LogP contribution in [-0.4, -0.2) is 43.9 Å². The highest BCUT2D eigenvalue weighted by Crippen LogP contribution is 2.22. The van der Waals surface area contributed by atoms with Crippen molar-refractivity contribution in [1.29, 1.82) is 0 Å². The number of nitrogens with one attached hydrogen (secondary N) is 3. The molecular weight excluding hydrogens is 583 g/mol. The number of alkyl halides is 3. The normalized spacial score (nSPS) is 12.2. The Morgan fingerprint density at radius 3 is 2.02 bits per heavy atom. The van der Waals surface area contributed by atoms with Crippen LogP contribution >= 0.6 is 0 Å². The van der Waals surface area contributed by atoms with Gasteiger partial charge < -0.3 is 15.6 Å². The Labute approximate surface area is 247 Å². The second-order valence-corrected chi connectivity index (χ2v) is 10.3. The van der Waals surface area contributed by atoms with Gasteiger partial charge in [-0.1, -0.05) is 74.5 Å². The standard InChI is InChI=1S/C30H28F3N5O6/c1-17(2)24(26(41)30(31,32)33)35-23(40)16-37-21(19-11-7-4-8-12-19)13-20-25(28(37)43)36-29(44)38(27(20)42)15-22(39)34-14-18-9-5-3-6-10-18/h3-13,17,24H,14-16H2,1-2H3,(H,34,39)(H,35,40)(H,36,44). The van der Waals surface area contributed by atoms with Gasteiger partial charge in [-0.3, -0.25) is 33.1 Å². The van der Waals surface area contributed by atoms with E-state index in [2.05, 4.69) is 15.6 Å². The minimum absolute atomic E-state index is 0.0331. The van der Waals surface area contributed by atoms with Crippen molar-refractivity contribution in [1.82, 2.24) is 24.8 Å². The zero-order valence-electron chi connectivity index (χ0n) is 23.6. The van der Waals surface area contributed by atoms with E-state index in [1.54, 1.807) is 60.7 Å². The SMILES string of the molecule is CC(C)C(NC(=O)Cn1c(-c2ccccc2)cc2c(=O)n(CC(=O)NCc3ccccc3)c(=O)[nH]c2c1=O)C(=O)C(F)(F)F. The molecule has 0 spiro atoms. The summed E-state index contributed by atoms with van der Waals surface area (Å²) in [5, 5.41) is 4.41. The zero-order valence-corrected chi connectivity index (χ0v) is 23.6. The van der Waals surface area contributed by atoms with Crippen LogP contribution in [0, 0.1) is 5.92 Å². The fourth-order valence-electron chi connectivity index (χ4n) is 4.57. The molecule has 3 N–H and O–H groups in total. The smallest absolute Gasteiger partial charge is 0.350 e. The summed E-state index contributed by atoms with van der Waals surface area (Å²) in [6, 6.07) is 16.3. The number of nitrogens with zero attached hydrogens (tertiary/aromatic N) is 2. The highest BCUT2D eigenvalue weighted by atomic mass is 19.4. The molecule has 0 saturated heterocycles. The summed E-state index contributed by atoms with van der Waals surface area (Å²) in [5.41, 5.74) is -2.28. The van der Waals surface area contributed by atoms with E-state index in [1.807, 2.05) is 0 Å². The van der Waals surface area contributed by atoms with Crippen LogP contribution < -0.4 is 27.4 Å². The number of Topliss-reactive ketones (excluding diaryl/α,β-unsaturated/α-hetero) is 1. The Balaban J connectivity index is 1.74. The highest BCUT2D eigenvalue weighted by Gasteiger charge is 2.45. The number of aromatic nitrogens is 3. The number of carbonyl (C=O) groups is 3. The molecule has 2 amide bonds. The number of halogens is 3. The number of fused-ring (bicyclic) bond motifs is 1. The van der Waals surface area contributed by atoms with Gasteiger partial charge in [0.1, 0.15) is 18.6 Å². The van der Waals surface area contributed by atoms with Crippen molar-refractivity contribution in [2.45, 2.75) is 45.7 Å². The van der Waals surface area contributed by atoms with E-state index < -0.39 is 71.1 Å². The first-order valence-corrected chi connectivity index (χ1v) is 13.4. The molecule has 4 aromatic rings. The number of hydrogen-bond acceptors (Lipinski definition) is 6. The average Bonchev–Trinajstić information content (AvgIpc) is 2.98. The van der Waals surface area contributed by atoms with E-state index in [1.165, 1.54) is 19.9 Å². The van der Waals surface area contributed by atoms with Gasteiger partial charge in [0.05, 0.1) is 17.1 Å². The van der Waals surface area contributed by atoms with Crippen LogP contribution in [-0.2, 0) is 34.0 Å². The van der Waals surface area contributed by atoms with Crippen LogP contribution in [0.4, 0.5) is 13.2 Å². The number of benzene rings is 2. The van der Waals surface area contributed by atoms with Crippen LogP contribution in [0.1, 0.15) is 19.4 Å². The lowest BCUT2D eigenvalue weighted by Crippen LogP contribution is -2.51. The molecule has 1 unspecified atom stereocenters. The average molecular weight is 612 g/mol. The number of pyridine rings is 1. The molecule has 0 aliphatic heterocycles. The van der Waals surface area contributed by atoms with Crippen molar-refractivity contribution in [2.24, 2.45) is 5.92 Å². The minimum atomic E-state index is -5.20. The molecular formula is C30H28F3N5O6. The maximum atomic E-state index is 13.6. The summed E-state index contributed by atoms with van der Waals surface area (Å²) in [6.07, 6.45) is -5.20. The molecule has 2 aromatic carbocycles. The number of hydrogen-bond donors (Lipinski definition) is 3. The van der Waals surface area contributed by atoms with Gasteiger partial charge in [-0.25, -0.2) is 4.79 Å². The van der Waals surface area contributed by atoms with Crippen molar-refractivity contribution in [3.63, 3.8) is 0 Å². The van der Waals surface area contributed by atoms with E-state index in [0.717, 1.165) is 10.1 Å². The fourth-order valence-corrected chi connectivity index (χ4v) is 4.57. The molecule has 0 saturated carbocycles. The van der Waals surface area contributed by atoms with E-state index in [0.29, 0.717) is 10.1 Å². The van der Waals surface area contributed by atoms with Crippen LogP contribution in [0.15, 0.2) is 81.1 Å². The molecule has 0 fully saturated rings. The monoisotopic (exact) mass is 611 g/mol. The van der Waals surface area contributed by atoms with Crippen LogP contribution in [0.2, 0.25) is 0 Å². The molecule has 14 heteroatoms. The summed E-state index contributed by atoms with van der Waals surface area (Å²) >= 11 is 0. The van der Waals surface area contributed by atoms with Crippen LogP contribution in [0.5, 0.6) is 0 Å². The van der Waals surface area contributed by atoms with Gasteiger partial charge in [0.15, 0.2) is 0 Å².